The number of anilines is 2. The van der Waals surface area contributed by atoms with E-state index in [2.05, 4.69) is 31.4 Å². The van der Waals surface area contributed by atoms with E-state index in [0.717, 1.165) is 6.07 Å². The van der Waals surface area contributed by atoms with Gasteiger partial charge in [0.15, 0.2) is 0 Å². The molecule has 0 fully saturated rings. The molecule has 0 aliphatic carbocycles. The van der Waals surface area contributed by atoms with Crippen molar-refractivity contribution in [2.24, 2.45) is 0 Å². The van der Waals surface area contributed by atoms with Gasteiger partial charge in [-0.1, -0.05) is 15.9 Å². The van der Waals surface area contributed by atoms with Crippen molar-refractivity contribution in [1.82, 2.24) is 10.2 Å². The largest absolute Gasteiger partial charge is 0.418 e. The molecule has 0 saturated carbocycles. The molecular weight excluding hydrogens is 325 g/mol. The lowest BCUT2D eigenvalue weighted by Crippen LogP contribution is -2.11. The van der Waals surface area contributed by atoms with Crippen LogP contribution < -0.4 is 11.1 Å². The lowest BCUT2D eigenvalue weighted by atomic mass is 10.1. The van der Waals surface area contributed by atoms with E-state index >= 15 is 0 Å². The van der Waals surface area contributed by atoms with Gasteiger partial charge < -0.3 is 11.1 Å². The number of H-pyrrole nitrogens is 1. The molecule has 0 aliphatic heterocycles. The fraction of sp³-hybridized carbons (Fsp3) is 0.182. The first kappa shape index (κ1) is 13.7. The maximum atomic E-state index is 12.8. The number of halogens is 4. The normalized spacial score (nSPS) is 11.6. The lowest BCUT2D eigenvalue weighted by Gasteiger charge is -2.14. The van der Waals surface area contributed by atoms with E-state index in [1.807, 2.05) is 0 Å². The second-order valence-electron chi connectivity index (χ2n) is 3.85. The molecule has 4 N–H and O–H groups in total. The second-order valence-corrected chi connectivity index (χ2v) is 4.77. The SMILES string of the molecule is Nc1[nH]ncc1CNc1cc(Br)ccc1C(F)(F)F. The highest BCUT2D eigenvalue weighted by Gasteiger charge is 2.33. The molecule has 0 amide bonds. The standard InChI is InChI=1S/C11H10BrF3N4/c12-7-1-2-8(11(13,14)15)9(3-7)17-4-6-5-18-19-10(6)16/h1-3,5,17H,4H2,(H3,16,18,19). The van der Waals surface area contributed by atoms with Gasteiger partial charge in [-0.3, -0.25) is 5.10 Å². The fourth-order valence-electron chi connectivity index (χ4n) is 1.56. The Morgan fingerprint density at radius 3 is 2.68 bits per heavy atom. The van der Waals surface area contributed by atoms with Gasteiger partial charge >= 0.3 is 6.18 Å². The van der Waals surface area contributed by atoms with Crippen LogP contribution in [0.15, 0.2) is 28.9 Å². The number of hydrogen-bond donors (Lipinski definition) is 3. The van der Waals surface area contributed by atoms with E-state index in [4.69, 9.17) is 5.73 Å². The number of aromatic amines is 1. The van der Waals surface area contributed by atoms with Gasteiger partial charge in [-0.05, 0) is 18.2 Å². The molecule has 4 nitrogen and oxygen atoms in total. The minimum Gasteiger partial charge on any atom is -0.384 e. The van der Waals surface area contributed by atoms with Crippen LogP contribution in [0.5, 0.6) is 0 Å². The average molecular weight is 335 g/mol. The van der Waals surface area contributed by atoms with Gasteiger partial charge in [0.25, 0.3) is 0 Å². The quantitative estimate of drug-likeness (QED) is 0.806. The molecule has 1 heterocycles. The van der Waals surface area contributed by atoms with Gasteiger partial charge in [-0.15, -0.1) is 0 Å². The summed E-state index contributed by atoms with van der Waals surface area (Å²) in [6, 6.07) is 3.74. The summed E-state index contributed by atoms with van der Waals surface area (Å²) < 4.78 is 39.0. The van der Waals surface area contributed by atoms with E-state index in [-0.39, 0.29) is 12.2 Å². The number of benzene rings is 1. The molecule has 1 aromatic heterocycles. The maximum absolute atomic E-state index is 12.8. The molecule has 2 rings (SSSR count). The molecule has 0 radical (unpaired) electrons. The van der Waals surface area contributed by atoms with Crippen LogP contribution >= 0.6 is 15.9 Å². The number of nitrogen functional groups attached to an aromatic ring is 1. The number of aromatic nitrogens is 2. The smallest absolute Gasteiger partial charge is 0.384 e. The van der Waals surface area contributed by atoms with Crippen LogP contribution in [0.25, 0.3) is 0 Å². The molecule has 1 aromatic carbocycles. The molecule has 102 valence electrons. The summed E-state index contributed by atoms with van der Waals surface area (Å²) in [5, 5.41) is 8.93. The highest BCUT2D eigenvalue weighted by atomic mass is 79.9. The zero-order chi connectivity index (χ0) is 14.0. The number of nitrogens with two attached hydrogens (primary N) is 1. The third kappa shape index (κ3) is 3.19. The Labute approximate surface area is 115 Å². The molecule has 0 spiro atoms. The van der Waals surface area contributed by atoms with Crippen molar-refractivity contribution in [3.63, 3.8) is 0 Å². The van der Waals surface area contributed by atoms with Gasteiger partial charge in [0.05, 0.1) is 11.8 Å². The number of rotatable bonds is 3. The third-order valence-electron chi connectivity index (χ3n) is 2.51. The summed E-state index contributed by atoms with van der Waals surface area (Å²) in [6.07, 6.45) is -2.95. The Kier molecular flexibility index (Phi) is 3.70. The number of alkyl halides is 3. The molecular formula is C11H10BrF3N4. The van der Waals surface area contributed by atoms with Crippen molar-refractivity contribution in [2.75, 3.05) is 11.1 Å². The minimum absolute atomic E-state index is 0.0116. The van der Waals surface area contributed by atoms with Crippen LogP contribution in [0.1, 0.15) is 11.1 Å². The van der Waals surface area contributed by atoms with E-state index in [1.165, 1.54) is 18.3 Å². The molecule has 0 atom stereocenters. The summed E-state index contributed by atoms with van der Waals surface area (Å²) in [6.45, 7) is 0.155. The Bertz CT molecular complexity index is 580. The van der Waals surface area contributed by atoms with Crippen molar-refractivity contribution in [3.05, 3.63) is 40.0 Å². The number of nitrogens with zero attached hydrogens (tertiary/aromatic N) is 1. The zero-order valence-corrected chi connectivity index (χ0v) is 11.1. The maximum Gasteiger partial charge on any atom is 0.418 e. The number of hydrogen-bond acceptors (Lipinski definition) is 3. The first-order chi connectivity index (χ1) is 8.88. The van der Waals surface area contributed by atoms with Crippen molar-refractivity contribution < 1.29 is 13.2 Å². The first-order valence-corrected chi connectivity index (χ1v) is 6.05. The van der Waals surface area contributed by atoms with Crippen LogP contribution in [0, 0.1) is 0 Å². The molecule has 2 aromatic rings. The van der Waals surface area contributed by atoms with Crippen molar-refractivity contribution in [2.45, 2.75) is 12.7 Å². The Morgan fingerprint density at radius 1 is 1.37 bits per heavy atom. The highest BCUT2D eigenvalue weighted by Crippen LogP contribution is 2.36. The van der Waals surface area contributed by atoms with E-state index < -0.39 is 11.7 Å². The summed E-state index contributed by atoms with van der Waals surface area (Å²) >= 11 is 3.15. The van der Waals surface area contributed by atoms with E-state index in [0.29, 0.717) is 15.9 Å². The summed E-state index contributed by atoms with van der Waals surface area (Å²) in [5.41, 5.74) is 5.44. The second kappa shape index (κ2) is 5.12. The minimum atomic E-state index is -4.41. The van der Waals surface area contributed by atoms with Gasteiger partial charge in [0.2, 0.25) is 0 Å². The van der Waals surface area contributed by atoms with Gasteiger partial charge in [-0.2, -0.15) is 18.3 Å². The highest BCUT2D eigenvalue weighted by molar-refractivity contribution is 9.10. The number of nitrogens with one attached hydrogen (secondary N) is 2. The Balaban J connectivity index is 2.24. The lowest BCUT2D eigenvalue weighted by molar-refractivity contribution is -0.137. The summed E-state index contributed by atoms with van der Waals surface area (Å²) in [7, 11) is 0. The molecule has 0 saturated heterocycles. The Hall–Kier alpha value is -1.70. The summed E-state index contributed by atoms with van der Waals surface area (Å²) in [4.78, 5) is 0. The predicted octanol–water partition coefficient (Wildman–Crippen LogP) is 3.39. The van der Waals surface area contributed by atoms with Crippen LogP contribution in [-0.4, -0.2) is 10.2 Å². The van der Waals surface area contributed by atoms with Crippen LogP contribution in [0.3, 0.4) is 0 Å². The Morgan fingerprint density at radius 2 is 2.11 bits per heavy atom. The molecule has 8 heteroatoms. The predicted molar refractivity (Wildman–Crippen MR) is 69.5 cm³/mol. The van der Waals surface area contributed by atoms with Crippen LogP contribution in [0.4, 0.5) is 24.7 Å². The van der Waals surface area contributed by atoms with E-state index in [1.54, 1.807) is 0 Å². The van der Waals surface area contributed by atoms with Crippen LogP contribution in [0.2, 0.25) is 0 Å². The topological polar surface area (TPSA) is 66.7 Å². The molecule has 0 unspecified atom stereocenters. The average Bonchev–Trinajstić information content (AvgIpc) is 2.70. The third-order valence-corrected chi connectivity index (χ3v) is 3.00. The summed E-state index contributed by atoms with van der Waals surface area (Å²) in [5.74, 6) is 0.330. The molecule has 0 bridgehead atoms. The zero-order valence-electron chi connectivity index (χ0n) is 9.55. The first-order valence-electron chi connectivity index (χ1n) is 5.26. The fourth-order valence-corrected chi connectivity index (χ4v) is 1.92. The molecule has 19 heavy (non-hydrogen) atoms. The molecule has 0 aliphatic rings. The van der Waals surface area contributed by atoms with E-state index in [9.17, 15) is 13.2 Å². The van der Waals surface area contributed by atoms with Crippen molar-refractivity contribution >= 4 is 27.4 Å². The van der Waals surface area contributed by atoms with Crippen LogP contribution in [-0.2, 0) is 12.7 Å². The van der Waals surface area contributed by atoms with Gasteiger partial charge in [0, 0.05) is 22.3 Å². The van der Waals surface area contributed by atoms with Gasteiger partial charge in [-0.25, -0.2) is 0 Å². The van der Waals surface area contributed by atoms with Crippen molar-refractivity contribution in [3.8, 4) is 0 Å². The van der Waals surface area contributed by atoms with Crippen molar-refractivity contribution in [1.29, 1.82) is 0 Å². The monoisotopic (exact) mass is 334 g/mol. The van der Waals surface area contributed by atoms with Gasteiger partial charge in [0.1, 0.15) is 5.82 Å².